The number of halogens is 1. The molecule has 1 aliphatic heterocycles. The number of amides is 1. The first-order valence-corrected chi connectivity index (χ1v) is 7.20. The molecule has 1 amide bonds. The summed E-state index contributed by atoms with van der Waals surface area (Å²) in [5, 5.41) is 10.4. The third-order valence-corrected chi connectivity index (χ3v) is 3.97. The Kier molecular flexibility index (Phi) is 3.58. The minimum Gasteiger partial charge on any atom is -0.357 e. The molecular weight excluding hydrogens is 324 g/mol. The van der Waals surface area contributed by atoms with Gasteiger partial charge in [-0.2, -0.15) is 4.98 Å². The molecule has 106 valence electrons. The molecule has 0 radical (unpaired) electrons. The van der Waals surface area contributed by atoms with Gasteiger partial charge in [0.25, 0.3) is 0 Å². The van der Waals surface area contributed by atoms with E-state index in [9.17, 15) is 4.79 Å². The summed E-state index contributed by atoms with van der Waals surface area (Å²) in [4.78, 5) is 18.4. The predicted octanol–water partition coefficient (Wildman–Crippen LogP) is 0.0160. The zero-order valence-corrected chi connectivity index (χ0v) is 12.6. The molecule has 1 unspecified atom stereocenters. The SMILES string of the molecule is CNC(=O)C1CNCCN1c1nc2c(Br)cccn2n1. The van der Waals surface area contributed by atoms with Gasteiger partial charge >= 0.3 is 0 Å². The average molecular weight is 339 g/mol. The van der Waals surface area contributed by atoms with Gasteiger partial charge in [-0.05, 0) is 28.1 Å². The summed E-state index contributed by atoms with van der Waals surface area (Å²) >= 11 is 3.46. The van der Waals surface area contributed by atoms with Gasteiger partial charge in [-0.3, -0.25) is 4.79 Å². The number of piperazine rings is 1. The predicted molar refractivity (Wildman–Crippen MR) is 78.8 cm³/mol. The number of pyridine rings is 1. The third-order valence-electron chi connectivity index (χ3n) is 3.35. The van der Waals surface area contributed by atoms with Gasteiger partial charge < -0.3 is 15.5 Å². The number of nitrogens with one attached hydrogen (secondary N) is 2. The fraction of sp³-hybridized carbons (Fsp3) is 0.417. The topological polar surface area (TPSA) is 74.6 Å². The van der Waals surface area contributed by atoms with Gasteiger partial charge in [0.15, 0.2) is 5.65 Å². The molecule has 3 rings (SSSR count). The molecule has 1 aliphatic rings. The number of hydrogen-bond donors (Lipinski definition) is 2. The van der Waals surface area contributed by atoms with Crippen molar-refractivity contribution >= 4 is 33.4 Å². The summed E-state index contributed by atoms with van der Waals surface area (Å²) in [7, 11) is 1.64. The maximum absolute atomic E-state index is 12.0. The molecule has 3 heterocycles. The number of fused-ring (bicyclic) bond motifs is 1. The van der Waals surface area contributed by atoms with Crippen molar-refractivity contribution in [3.8, 4) is 0 Å². The van der Waals surface area contributed by atoms with E-state index in [1.54, 1.807) is 11.6 Å². The standard InChI is InChI=1S/C12H15BrN6O/c1-14-11(20)9-7-15-4-6-18(9)12-16-10-8(13)3-2-5-19(10)17-12/h2-3,5,9,15H,4,6-7H2,1H3,(H,14,20). The van der Waals surface area contributed by atoms with Crippen LogP contribution in [0.1, 0.15) is 0 Å². The van der Waals surface area contributed by atoms with E-state index in [0.29, 0.717) is 19.0 Å². The number of hydrogen-bond acceptors (Lipinski definition) is 5. The van der Waals surface area contributed by atoms with Gasteiger partial charge in [0, 0.05) is 32.9 Å². The van der Waals surface area contributed by atoms with Crippen LogP contribution >= 0.6 is 15.9 Å². The molecule has 1 fully saturated rings. The van der Waals surface area contributed by atoms with Crippen molar-refractivity contribution < 1.29 is 4.79 Å². The van der Waals surface area contributed by atoms with Crippen molar-refractivity contribution in [1.29, 1.82) is 0 Å². The van der Waals surface area contributed by atoms with Gasteiger partial charge in [-0.15, -0.1) is 5.10 Å². The van der Waals surface area contributed by atoms with Crippen LogP contribution in [0.5, 0.6) is 0 Å². The highest BCUT2D eigenvalue weighted by molar-refractivity contribution is 9.10. The third kappa shape index (κ3) is 2.25. The molecule has 7 nitrogen and oxygen atoms in total. The summed E-state index contributed by atoms with van der Waals surface area (Å²) in [5.74, 6) is 0.544. The first-order chi connectivity index (χ1) is 9.70. The lowest BCUT2D eigenvalue weighted by Crippen LogP contribution is -2.58. The summed E-state index contributed by atoms with van der Waals surface area (Å²) in [5.41, 5.74) is 0.747. The van der Waals surface area contributed by atoms with Crippen molar-refractivity contribution in [2.75, 3.05) is 31.6 Å². The molecule has 0 spiro atoms. The Balaban J connectivity index is 1.99. The zero-order valence-electron chi connectivity index (χ0n) is 11.0. The van der Waals surface area contributed by atoms with Crippen LogP contribution in [-0.4, -0.2) is 53.2 Å². The van der Waals surface area contributed by atoms with E-state index in [0.717, 1.165) is 16.7 Å². The molecule has 8 heteroatoms. The number of aromatic nitrogens is 3. The second kappa shape index (κ2) is 5.37. The van der Waals surface area contributed by atoms with Crippen LogP contribution < -0.4 is 15.5 Å². The van der Waals surface area contributed by atoms with Crippen LogP contribution in [0.2, 0.25) is 0 Å². The molecule has 2 N–H and O–H groups in total. The smallest absolute Gasteiger partial charge is 0.246 e. The Labute approximate surface area is 124 Å². The quantitative estimate of drug-likeness (QED) is 0.807. The van der Waals surface area contributed by atoms with Gasteiger partial charge in [-0.25, -0.2) is 4.52 Å². The minimum atomic E-state index is -0.287. The van der Waals surface area contributed by atoms with Crippen molar-refractivity contribution in [2.24, 2.45) is 0 Å². The largest absolute Gasteiger partial charge is 0.357 e. The van der Waals surface area contributed by atoms with E-state index < -0.39 is 0 Å². The van der Waals surface area contributed by atoms with E-state index in [2.05, 4.69) is 36.6 Å². The van der Waals surface area contributed by atoms with Gasteiger partial charge in [0.1, 0.15) is 6.04 Å². The first kappa shape index (κ1) is 13.3. The number of carbonyl (C=O) groups is 1. The lowest BCUT2D eigenvalue weighted by Gasteiger charge is -2.33. The molecule has 0 saturated carbocycles. The Hall–Kier alpha value is -1.67. The normalized spacial score (nSPS) is 19.3. The lowest BCUT2D eigenvalue weighted by atomic mass is 10.2. The van der Waals surface area contributed by atoms with E-state index in [1.807, 2.05) is 23.2 Å². The maximum atomic E-state index is 12.0. The van der Waals surface area contributed by atoms with Crippen molar-refractivity contribution in [1.82, 2.24) is 25.2 Å². The number of likely N-dealkylation sites (N-methyl/N-ethyl adjacent to an activating group) is 1. The van der Waals surface area contributed by atoms with Crippen LogP contribution in [0.15, 0.2) is 22.8 Å². The monoisotopic (exact) mass is 338 g/mol. The summed E-state index contributed by atoms with van der Waals surface area (Å²) in [6, 6.07) is 3.52. The fourth-order valence-electron chi connectivity index (χ4n) is 2.33. The number of anilines is 1. The molecule has 0 aliphatic carbocycles. The second-order valence-corrected chi connectivity index (χ2v) is 5.42. The Morgan fingerprint density at radius 3 is 3.20 bits per heavy atom. The number of nitrogens with zero attached hydrogens (tertiary/aromatic N) is 4. The number of carbonyl (C=O) groups excluding carboxylic acids is 1. The lowest BCUT2D eigenvalue weighted by molar-refractivity contribution is -0.122. The Morgan fingerprint density at radius 2 is 2.45 bits per heavy atom. The summed E-state index contributed by atoms with van der Waals surface area (Å²) in [6.07, 6.45) is 1.84. The van der Waals surface area contributed by atoms with E-state index in [-0.39, 0.29) is 11.9 Å². The van der Waals surface area contributed by atoms with Crippen molar-refractivity contribution in [3.63, 3.8) is 0 Å². The zero-order chi connectivity index (χ0) is 14.1. The van der Waals surface area contributed by atoms with Crippen molar-refractivity contribution in [3.05, 3.63) is 22.8 Å². The molecule has 1 atom stereocenters. The minimum absolute atomic E-state index is 0.0323. The summed E-state index contributed by atoms with van der Waals surface area (Å²) < 4.78 is 2.59. The molecule has 2 aromatic heterocycles. The van der Waals surface area contributed by atoms with Gasteiger partial charge in [-0.1, -0.05) is 0 Å². The number of rotatable bonds is 2. The Bertz CT molecular complexity index is 642. The molecule has 2 aromatic rings. The fourth-order valence-corrected chi connectivity index (χ4v) is 2.75. The van der Waals surface area contributed by atoms with Gasteiger partial charge in [0.05, 0.1) is 4.47 Å². The van der Waals surface area contributed by atoms with Crippen LogP contribution in [0, 0.1) is 0 Å². The Morgan fingerprint density at radius 1 is 1.60 bits per heavy atom. The van der Waals surface area contributed by atoms with E-state index >= 15 is 0 Å². The highest BCUT2D eigenvalue weighted by atomic mass is 79.9. The summed E-state index contributed by atoms with van der Waals surface area (Å²) in [6.45, 7) is 2.10. The van der Waals surface area contributed by atoms with E-state index in [1.165, 1.54) is 0 Å². The van der Waals surface area contributed by atoms with Crippen LogP contribution in [0.25, 0.3) is 5.65 Å². The van der Waals surface area contributed by atoms with Gasteiger partial charge in [0.2, 0.25) is 11.9 Å². The van der Waals surface area contributed by atoms with Crippen LogP contribution in [-0.2, 0) is 4.79 Å². The molecule has 1 saturated heterocycles. The van der Waals surface area contributed by atoms with Crippen LogP contribution in [0.3, 0.4) is 0 Å². The van der Waals surface area contributed by atoms with E-state index in [4.69, 9.17) is 0 Å². The van der Waals surface area contributed by atoms with Crippen molar-refractivity contribution in [2.45, 2.75) is 6.04 Å². The molecular formula is C12H15BrN6O. The molecule has 20 heavy (non-hydrogen) atoms. The first-order valence-electron chi connectivity index (χ1n) is 6.40. The average Bonchev–Trinajstić information content (AvgIpc) is 2.92. The second-order valence-electron chi connectivity index (χ2n) is 4.56. The molecule has 0 aromatic carbocycles. The highest BCUT2D eigenvalue weighted by Crippen LogP contribution is 2.20. The maximum Gasteiger partial charge on any atom is 0.246 e. The molecule has 0 bridgehead atoms. The highest BCUT2D eigenvalue weighted by Gasteiger charge is 2.30. The van der Waals surface area contributed by atoms with Crippen LogP contribution in [0.4, 0.5) is 5.95 Å².